The fourth-order valence-electron chi connectivity index (χ4n) is 1.53. The van der Waals surface area contributed by atoms with Crippen molar-refractivity contribution in [3.8, 4) is 0 Å². The molecule has 0 spiro atoms. The zero-order valence-corrected chi connectivity index (χ0v) is 9.68. The van der Waals surface area contributed by atoms with Crippen LogP contribution < -0.4 is 0 Å². The SMILES string of the molecule is Cc1ccc(F)cc1CC(=O)c1ccsc1. The molecular weight excluding hydrogens is 223 g/mol. The van der Waals surface area contributed by atoms with Crippen LogP contribution >= 0.6 is 11.3 Å². The standard InChI is InChI=1S/C13H11FOS/c1-9-2-3-12(14)6-11(9)7-13(15)10-4-5-16-8-10/h2-6,8H,7H2,1H3. The summed E-state index contributed by atoms with van der Waals surface area (Å²) in [5.74, 6) is -0.256. The molecule has 0 unspecified atom stereocenters. The summed E-state index contributed by atoms with van der Waals surface area (Å²) in [6.07, 6.45) is 0.264. The van der Waals surface area contributed by atoms with Crippen molar-refractivity contribution in [1.29, 1.82) is 0 Å². The first-order valence-electron chi connectivity index (χ1n) is 4.97. The van der Waals surface area contributed by atoms with Crippen LogP contribution in [0, 0.1) is 12.7 Å². The second-order valence-electron chi connectivity index (χ2n) is 3.68. The normalized spacial score (nSPS) is 10.4. The molecule has 0 amide bonds. The highest BCUT2D eigenvalue weighted by atomic mass is 32.1. The average molecular weight is 234 g/mol. The van der Waals surface area contributed by atoms with Crippen LogP contribution in [0.2, 0.25) is 0 Å². The summed E-state index contributed by atoms with van der Waals surface area (Å²) in [5, 5.41) is 3.68. The van der Waals surface area contributed by atoms with E-state index in [0.29, 0.717) is 5.56 Å². The maximum atomic E-state index is 13.0. The van der Waals surface area contributed by atoms with Crippen LogP contribution in [0.25, 0.3) is 0 Å². The minimum Gasteiger partial charge on any atom is -0.294 e. The number of thiophene rings is 1. The molecule has 0 atom stereocenters. The zero-order chi connectivity index (χ0) is 11.5. The van der Waals surface area contributed by atoms with E-state index < -0.39 is 0 Å². The van der Waals surface area contributed by atoms with E-state index in [2.05, 4.69) is 0 Å². The predicted octanol–water partition coefficient (Wildman–Crippen LogP) is 3.62. The van der Waals surface area contributed by atoms with Crippen LogP contribution in [0.15, 0.2) is 35.0 Å². The van der Waals surface area contributed by atoms with Gasteiger partial charge in [-0.2, -0.15) is 11.3 Å². The van der Waals surface area contributed by atoms with Crippen LogP contribution in [0.3, 0.4) is 0 Å². The van der Waals surface area contributed by atoms with Crippen LogP contribution in [0.1, 0.15) is 21.5 Å². The Labute approximate surface area is 97.6 Å². The molecule has 1 aromatic carbocycles. The molecule has 2 rings (SSSR count). The number of halogens is 1. The van der Waals surface area contributed by atoms with E-state index in [-0.39, 0.29) is 18.0 Å². The van der Waals surface area contributed by atoms with E-state index in [0.717, 1.165) is 11.1 Å². The third-order valence-corrected chi connectivity index (χ3v) is 3.19. The van der Waals surface area contributed by atoms with Gasteiger partial charge in [-0.25, -0.2) is 4.39 Å². The molecule has 2 aromatic rings. The van der Waals surface area contributed by atoms with Gasteiger partial charge in [-0.15, -0.1) is 0 Å². The van der Waals surface area contributed by atoms with E-state index in [4.69, 9.17) is 0 Å². The lowest BCUT2D eigenvalue weighted by molar-refractivity contribution is 0.0993. The van der Waals surface area contributed by atoms with Gasteiger partial charge in [-0.3, -0.25) is 4.79 Å². The number of rotatable bonds is 3. The molecule has 1 aromatic heterocycles. The van der Waals surface area contributed by atoms with Gasteiger partial charge in [0, 0.05) is 17.4 Å². The van der Waals surface area contributed by atoms with E-state index in [1.165, 1.54) is 23.5 Å². The summed E-state index contributed by atoms with van der Waals surface area (Å²) >= 11 is 1.49. The lowest BCUT2D eigenvalue weighted by atomic mass is 10.0. The van der Waals surface area contributed by atoms with Crippen LogP contribution in [0.4, 0.5) is 4.39 Å². The van der Waals surface area contributed by atoms with Crippen LogP contribution in [-0.2, 0) is 6.42 Å². The van der Waals surface area contributed by atoms with Gasteiger partial charge < -0.3 is 0 Å². The van der Waals surface area contributed by atoms with Crippen molar-refractivity contribution in [2.24, 2.45) is 0 Å². The highest BCUT2D eigenvalue weighted by Crippen LogP contribution is 2.15. The molecule has 0 aliphatic heterocycles. The maximum absolute atomic E-state index is 13.0. The van der Waals surface area contributed by atoms with Gasteiger partial charge >= 0.3 is 0 Å². The summed E-state index contributed by atoms with van der Waals surface area (Å²) in [7, 11) is 0. The summed E-state index contributed by atoms with van der Waals surface area (Å²) in [6, 6.07) is 6.33. The van der Waals surface area contributed by atoms with Gasteiger partial charge in [0.05, 0.1) is 0 Å². The molecule has 0 N–H and O–H groups in total. The lowest BCUT2D eigenvalue weighted by Crippen LogP contribution is -2.03. The topological polar surface area (TPSA) is 17.1 Å². The van der Waals surface area contributed by atoms with Crippen molar-refractivity contribution in [2.45, 2.75) is 13.3 Å². The Hall–Kier alpha value is -1.48. The van der Waals surface area contributed by atoms with E-state index in [9.17, 15) is 9.18 Å². The largest absolute Gasteiger partial charge is 0.294 e. The summed E-state index contributed by atoms with van der Waals surface area (Å²) in [6.45, 7) is 1.88. The number of aryl methyl sites for hydroxylation is 1. The third-order valence-electron chi connectivity index (χ3n) is 2.51. The number of benzene rings is 1. The Morgan fingerprint density at radius 3 is 2.88 bits per heavy atom. The lowest BCUT2D eigenvalue weighted by Gasteiger charge is -2.04. The van der Waals surface area contributed by atoms with E-state index in [1.54, 1.807) is 12.1 Å². The molecule has 0 aliphatic rings. The van der Waals surface area contributed by atoms with Gasteiger partial charge in [-0.05, 0) is 41.6 Å². The van der Waals surface area contributed by atoms with Gasteiger partial charge in [0.1, 0.15) is 5.82 Å². The third kappa shape index (κ3) is 2.36. The summed E-state index contributed by atoms with van der Waals surface area (Å²) in [5.41, 5.74) is 2.41. The molecule has 0 saturated heterocycles. The van der Waals surface area contributed by atoms with Gasteiger partial charge in [0.15, 0.2) is 5.78 Å². The molecular formula is C13H11FOS. The fourth-order valence-corrected chi connectivity index (χ4v) is 2.19. The first-order valence-corrected chi connectivity index (χ1v) is 5.91. The van der Waals surface area contributed by atoms with Crippen molar-refractivity contribution < 1.29 is 9.18 Å². The maximum Gasteiger partial charge on any atom is 0.168 e. The Kier molecular flexibility index (Phi) is 3.15. The van der Waals surface area contributed by atoms with Crippen molar-refractivity contribution in [2.75, 3.05) is 0 Å². The van der Waals surface area contributed by atoms with Crippen LogP contribution in [-0.4, -0.2) is 5.78 Å². The van der Waals surface area contributed by atoms with Crippen molar-refractivity contribution in [1.82, 2.24) is 0 Å². The highest BCUT2D eigenvalue weighted by Gasteiger charge is 2.09. The van der Waals surface area contributed by atoms with Crippen LogP contribution in [0.5, 0.6) is 0 Å². The summed E-state index contributed by atoms with van der Waals surface area (Å²) < 4.78 is 13.0. The monoisotopic (exact) mass is 234 g/mol. The minimum atomic E-state index is -0.293. The molecule has 3 heteroatoms. The predicted molar refractivity (Wildman–Crippen MR) is 63.5 cm³/mol. The second-order valence-corrected chi connectivity index (χ2v) is 4.46. The highest BCUT2D eigenvalue weighted by molar-refractivity contribution is 7.08. The number of carbonyl (C=O) groups is 1. The molecule has 0 fully saturated rings. The van der Waals surface area contributed by atoms with E-state index in [1.807, 2.05) is 17.7 Å². The number of hydrogen-bond acceptors (Lipinski definition) is 2. The van der Waals surface area contributed by atoms with E-state index >= 15 is 0 Å². The van der Waals surface area contributed by atoms with Crippen molar-refractivity contribution in [3.05, 3.63) is 57.5 Å². The quantitative estimate of drug-likeness (QED) is 0.741. The first-order chi connectivity index (χ1) is 7.66. The zero-order valence-electron chi connectivity index (χ0n) is 8.87. The Morgan fingerprint density at radius 1 is 1.38 bits per heavy atom. The van der Waals surface area contributed by atoms with Crippen molar-refractivity contribution >= 4 is 17.1 Å². The number of carbonyl (C=O) groups excluding carboxylic acids is 1. The number of ketones is 1. The Balaban J connectivity index is 2.21. The first kappa shape index (κ1) is 11.0. The van der Waals surface area contributed by atoms with Gasteiger partial charge in [-0.1, -0.05) is 6.07 Å². The molecule has 16 heavy (non-hydrogen) atoms. The Morgan fingerprint density at radius 2 is 2.19 bits per heavy atom. The molecule has 82 valence electrons. The molecule has 0 aliphatic carbocycles. The molecule has 1 heterocycles. The molecule has 0 radical (unpaired) electrons. The second kappa shape index (κ2) is 4.58. The molecule has 1 nitrogen and oxygen atoms in total. The fraction of sp³-hybridized carbons (Fsp3) is 0.154. The van der Waals surface area contributed by atoms with Gasteiger partial charge in [0.2, 0.25) is 0 Å². The molecule has 0 bridgehead atoms. The number of hydrogen-bond donors (Lipinski definition) is 0. The van der Waals surface area contributed by atoms with Crippen molar-refractivity contribution in [3.63, 3.8) is 0 Å². The molecule has 0 saturated carbocycles. The minimum absolute atomic E-state index is 0.0370. The smallest absolute Gasteiger partial charge is 0.168 e. The number of Topliss-reactive ketones (excluding diaryl/α,β-unsaturated/α-hetero) is 1. The van der Waals surface area contributed by atoms with Gasteiger partial charge in [0.25, 0.3) is 0 Å². The Bertz CT molecular complexity index is 503. The average Bonchev–Trinajstić information content (AvgIpc) is 2.76. The summed E-state index contributed by atoms with van der Waals surface area (Å²) in [4.78, 5) is 11.8.